The second-order valence-corrected chi connectivity index (χ2v) is 6.47. The van der Waals surface area contributed by atoms with Crippen LogP contribution in [-0.4, -0.2) is 76.1 Å². The second kappa shape index (κ2) is 6.93. The molecule has 2 aliphatic rings. The van der Waals surface area contributed by atoms with Gasteiger partial charge < -0.3 is 19.3 Å². The molecule has 0 aliphatic carbocycles. The summed E-state index contributed by atoms with van der Waals surface area (Å²) in [7, 11) is 0. The Hall–Kier alpha value is -2.26. The normalized spacial score (nSPS) is 24.6. The smallest absolute Gasteiger partial charge is 0.241 e. The molecule has 134 valence electrons. The average molecular weight is 345 g/mol. The van der Waals surface area contributed by atoms with Gasteiger partial charge in [0.2, 0.25) is 17.8 Å². The lowest BCUT2D eigenvalue weighted by atomic mass is 10.2. The molecule has 2 aliphatic heterocycles. The second-order valence-electron chi connectivity index (χ2n) is 6.47. The zero-order chi connectivity index (χ0) is 17.2. The Kier molecular flexibility index (Phi) is 4.50. The van der Waals surface area contributed by atoms with Gasteiger partial charge in [-0.3, -0.25) is 4.57 Å². The summed E-state index contributed by atoms with van der Waals surface area (Å²) in [5.74, 6) is 1.95. The molecule has 2 aromatic heterocycles. The standard InChI is InChI=1S/C16H23N7O2/c1-12-9-23(10-13(2)25-12)16-19-14(21-5-7-24-8-6-21)18-15(20-16)22-4-3-17-11-22/h3-4,11-13H,5-10H2,1-2H3/t12-,13+. The van der Waals surface area contributed by atoms with E-state index in [0.29, 0.717) is 31.1 Å². The molecular weight excluding hydrogens is 322 g/mol. The van der Waals surface area contributed by atoms with E-state index in [9.17, 15) is 0 Å². The molecule has 0 unspecified atom stereocenters. The van der Waals surface area contributed by atoms with E-state index in [4.69, 9.17) is 14.5 Å². The van der Waals surface area contributed by atoms with E-state index in [-0.39, 0.29) is 12.2 Å². The fourth-order valence-corrected chi connectivity index (χ4v) is 3.22. The van der Waals surface area contributed by atoms with Crippen LogP contribution in [0, 0.1) is 0 Å². The fourth-order valence-electron chi connectivity index (χ4n) is 3.22. The third-order valence-electron chi connectivity index (χ3n) is 4.33. The van der Waals surface area contributed by atoms with Crippen LogP contribution < -0.4 is 9.80 Å². The molecule has 0 spiro atoms. The molecule has 0 bridgehead atoms. The molecule has 0 N–H and O–H groups in total. The average Bonchev–Trinajstić information content (AvgIpc) is 3.16. The summed E-state index contributed by atoms with van der Waals surface area (Å²) in [6.07, 6.45) is 5.55. The van der Waals surface area contributed by atoms with Gasteiger partial charge in [-0.05, 0) is 13.8 Å². The largest absolute Gasteiger partial charge is 0.378 e. The first kappa shape index (κ1) is 16.2. The van der Waals surface area contributed by atoms with Gasteiger partial charge in [-0.15, -0.1) is 0 Å². The number of ether oxygens (including phenoxy) is 2. The molecule has 2 fully saturated rings. The number of aromatic nitrogens is 5. The van der Waals surface area contributed by atoms with Crippen LogP contribution in [0.4, 0.5) is 11.9 Å². The lowest BCUT2D eigenvalue weighted by molar-refractivity contribution is -0.00573. The maximum absolute atomic E-state index is 5.83. The van der Waals surface area contributed by atoms with Gasteiger partial charge in [0.15, 0.2) is 0 Å². The van der Waals surface area contributed by atoms with Gasteiger partial charge in [-0.2, -0.15) is 15.0 Å². The minimum Gasteiger partial charge on any atom is -0.378 e. The highest BCUT2D eigenvalue weighted by Gasteiger charge is 2.26. The SMILES string of the molecule is C[C@@H]1CN(c2nc(N3CCOCC3)nc(-n3ccnc3)n2)C[C@H](C)O1. The number of hydrogen-bond donors (Lipinski definition) is 0. The lowest BCUT2D eigenvalue weighted by Gasteiger charge is -2.36. The molecule has 2 aromatic rings. The summed E-state index contributed by atoms with van der Waals surface area (Å²) in [4.78, 5) is 22.5. The predicted octanol–water partition coefficient (Wildman–Crippen LogP) is 0.508. The van der Waals surface area contributed by atoms with E-state index in [2.05, 4.69) is 38.6 Å². The van der Waals surface area contributed by atoms with E-state index < -0.39 is 0 Å². The molecular formula is C16H23N7O2. The third kappa shape index (κ3) is 3.57. The van der Waals surface area contributed by atoms with E-state index in [1.807, 2.05) is 10.8 Å². The summed E-state index contributed by atoms with van der Waals surface area (Å²) >= 11 is 0. The van der Waals surface area contributed by atoms with Gasteiger partial charge in [0.05, 0.1) is 25.4 Å². The predicted molar refractivity (Wildman–Crippen MR) is 92.2 cm³/mol. The van der Waals surface area contributed by atoms with Crippen LogP contribution in [0.2, 0.25) is 0 Å². The van der Waals surface area contributed by atoms with Gasteiger partial charge >= 0.3 is 0 Å². The number of rotatable bonds is 3. The van der Waals surface area contributed by atoms with Crippen LogP contribution in [0.3, 0.4) is 0 Å². The van der Waals surface area contributed by atoms with E-state index in [0.717, 1.165) is 26.2 Å². The first-order valence-electron chi connectivity index (χ1n) is 8.66. The Morgan fingerprint density at radius 2 is 1.56 bits per heavy atom. The first-order chi connectivity index (χ1) is 12.2. The molecule has 4 heterocycles. The lowest BCUT2D eigenvalue weighted by Crippen LogP contribution is -2.46. The molecule has 0 saturated carbocycles. The number of morpholine rings is 2. The molecule has 4 rings (SSSR count). The maximum atomic E-state index is 5.83. The van der Waals surface area contributed by atoms with Gasteiger partial charge in [-0.25, -0.2) is 4.98 Å². The van der Waals surface area contributed by atoms with Crippen LogP contribution >= 0.6 is 0 Å². The first-order valence-corrected chi connectivity index (χ1v) is 8.66. The zero-order valence-electron chi connectivity index (χ0n) is 14.6. The minimum absolute atomic E-state index is 0.143. The van der Waals surface area contributed by atoms with Crippen LogP contribution in [0.25, 0.3) is 5.95 Å². The van der Waals surface area contributed by atoms with Crippen molar-refractivity contribution in [2.45, 2.75) is 26.1 Å². The van der Waals surface area contributed by atoms with Gasteiger partial charge in [0.1, 0.15) is 6.33 Å². The molecule has 25 heavy (non-hydrogen) atoms. The summed E-state index contributed by atoms with van der Waals surface area (Å²) in [6.45, 7) is 8.61. The Bertz CT molecular complexity index is 693. The fraction of sp³-hybridized carbons (Fsp3) is 0.625. The Balaban J connectivity index is 1.70. The van der Waals surface area contributed by atoms with Crippen molar-refractivity contribution < 1.29 is 9.47 Å². The molecule has 9 heteroatoms. The minimum atomic E-state index is 0.143. The van der Waals surface area contributed by atoms with Crippen molar-refractivity contribution in [1.29, 1.82) is 0 Å². The van der Waals surface area contributed by atoms with E-state index >= 15 is 0 Å². The Morgan fingerprint density at radius 1 is 0.920 bits per heavy atom. The highest BCUT2D eigenvalue weighted by Crippen LogP contribution is 2.21. The van der Waals surface area contributed by atoms with Crippen molar-refractivity contribution in [1.82, 2.24) is 24.5 Å². The Labute approximate surface area is 146 Å². The molecule has 2 atom stereocenters. The number of imidazole rings is 1. The van der Waals surface area contributed by atoms with Crippen molar-refractivity contribution in [3.05, 3.63) is 18.7 Å². The monoisotopic (exact) mass is 345 g/mol. The van der Waals surface area contributed by atoms with Gasteiger partial charge in [0, 0.05) is 38.6 Å². The molecule has 9 nitrogen and oxygen atoms in total. The molecule has 0 aromatic carbocycles. The number of anilines is 2. The quantitative estimate of drug-likeness (QED) is 0.796. The summed E-state index contributed by atoms with van der Waals surface area (Å²) in [6, 6.07) is 0. The number of hydrogen-bond acceptors (Lipinski definition) is 8. The molecule has 0 amide bonds. The van der Waals surface area contributed by atoms with E-state index in [1.54, 1.807) is 12.5 Å². The third-order valence-corrected chi connectivity index (χ3v) is 4.33. The topological polar surface area (TPSA) is 81.4 Å². The zero-order valence-corrected chi connectivity index (χ0v) is 14.6. The van der Waals surface area contributed by atoms with Crippen molar-refractivity contribution in [2.75, 3.05) is 49.2 Å². The van der Waals surface area contributed by atoms with Crippen LogP contribution in [0.15, 0.2) is 18.7 Å². The summed E-state index contributed by atoms with van der Waals surface area (Å²) in [5.41, 5.74) is 0. The van der Waals surface area contributed by atoms with Crippen LogP contribution in [0.5, 0.6) is 0 Å². The van der Waals surface area contributed by atoms with E-state index in [1.165, 1.54) is 0 Å². The summed E-state index contributed by atoms with van der Waals surface area (Å²) in [5, 5.41) is 0. The molecule has 2 saturated heterocycles. The van der Waals surface area contributed by atoms with Gasteiger partial charge in [-0.1, -0.05) is 0 Å². The Morgan fingerprint density at radius 3 is 2.20 bits per heavy atom. The van der Waals surface area contributed by atoms with Crippen molar-refractivity contribution in [3.8, 4) is 5.95 Å². The van der Waals surface area contributed by atoms with Crippen LogP contribution in [0.1, 0.15) is 13.8 Å². The van der Waals surface area contributed by atoms with Crippen molar-refractivity contribution >= 4 is 11.9 Å². The summed E-state index contributed by atoms with van der Waals surface area (Å²) < 4.78 is 13.1. The van der Waals surface area contributed by atoms with Crippen molar-refractivity contribution in [3.63, 3.8) is 0 Å². The number of nitrogens with zero attached hydrogens (tertiary/aromatic N) is 7. The highest BCUT2D eigenvalue weighted by molar-refractivity contribution is 5.43. The highest BCUT2D eigenvalue weighted by atomic mass is 16.5. The maximum Gasteiger partial charge on any atom is 0.241 e. The molecule has 0 radical (unpaired) electrons. The van der Waals surface area contributed by atoms with Gasteiger partial charge in [0.25, 0.3) is 0 Å². The van der Waals surface area contributed by atoms with Crippen molar-refractivity contribution in [2.24, 2.45) is 0 Å². The van der Waals surface area contributed by atoms with Crippen LogP contribution in [-0.2, 0) is 9.47 Å².